The molecule has 2 aliphatic rings. The Balaban J connectivity index is 1.52. The number of aryl methyl sites for hydroxylation is 1. The van der Waals surface area contributed by atoms with Gasteiger partial charge in [-0.25, -0.2) is 4.90 Å². The lowest BCUT2D eigenvalue weighted by Gasteiger charge is -2.37. The molecule has 2 amide bonds. The molecule has 0 aromatic heterocycles. The summed E-state index contributed by atoms with van der Waals surface area (Å²) >= 11 is 0. The summed E-state index contributed by atoms with van der Waals surface area (Å²) in [6, 6.07) is 25.6. The molecule has 0 aliphatic carbocycles. The van der Waals surface area contributed by atoms with Gasteiger partial charge >= 0.3 is 0 Å². The highest BCUT2D eigenvalue weighted by molar-refractivity contribution is 6.45. The van der Waals surface area contributed by atoms with Crippen LogP contribution in [0, 0.1) is 13.8 Å². The van der Waals surface area contributed by atoms with Crippen LogP contribution in [0.1, 0.15) is 16.7 Å². The number of carbonyl (C=O) groups is 2. The highest BCUT2D eigenvalue weighted by atomic mass is 16.2. The summed E-state index contributed by atoms with van der Waals surface area (Å²) in [7, 11) is 0. The monoisotopic (exact) mass is 437 g/mol. The quantitative estimate of drug-likeness (QED) is 0.567. The van der Waals surface area contributed by atoms with Crippen LogP contribution in [-0.2, 0) is 9.59 Å². The van der Waals surface area contributed by atoms with E-state index in [9.17, 15) is 9.59 Å². The molecule has 0 unspecified atom stereocenters. The van der Waals surface area contributed by atoms with E-state index in [0.717, 1.165) is 29.8 Å². The predicted octanol–water partition coefficient (Wildman–Crippen LogP) is 4.41. The number of para-hydroxylation sites is 1. The second-order valence-corrected chi connectivity index (χ2v) is 8.56. The number of amides is 2. The largest absolute Gasteiger partial charge is 0.368 e. The number of hydrogen-bond acceptors (Lipinski definition) is 4. The molecule has 166 valence electrons. The van der Waals surface area contributed by atoms with Crippen molar-refractivity contribution in [2.75, 3.05) is 36.0 Å². The van der Waals surface area contributed by atoms with Gasteiger partial charge in [-0.2, -0.15) is 0 Å². The van der Waals surface area contributed by atoms with Crippen molar-refractivity contribution in [2.24, 2.45) is 0 Å². The first-order valence-electron chi connectivity index (χ1n) is 11.4. The van der Waals surface area contributed by atoms with E-state index < -0.39 is 0 Å². The van der Waals surface area contributed by atoms with Gasteiger partial charge in [0.1, 0.15) is 5.70 Å². The molecular formula is C28H27N3O2. The summed E-state index contributed by atoms with van der Waals surface area (Å²) in [5, 5.41) is 0. The maximum atomic E-state index is 13.8. The fraction of sp³-hybridized carbons (Fsp3) is 0.214. The highest BCUT2D eigenvalue weighted by Crippen LogP contribution is 2.37. The second kappa shape index (κ2) is 8.58. The number of carbonyl (C=O) groups excluding carboxylic acids is 2. The van der Waals surface area contributed by atoms with Crippen LogP contribution in [0.3, 0.4) is 0 Å². The minimum absolute atomic E-state index is 0.235. The van der Waals surface area contributed by atoms with Crippen LogP contribution in [-0.4, -0.2) is 42.9 Å². The van der Waals surface area contributed by atoms with Crippen molar-refractivity contribution in [3.63, 3.8) is 0 Å². The fourth-order valence-corrected chi connectivity index (χ4v) is 4.70. The third-order valence-electron chi connectivity index (χ3n) is 6.66. The van der Waals surface area contributed by atoms with E-state index in [-0.39, 0.29) is 11.8 Å². The van der Waals surface area contributed by atoms with Gasteiger partial charge in [-0.3, -0.25) is 9.59 Å². The fourth-order valence-electron chi connectivity index (χ4n) is 4.70. The lowest BCUT2D eigenvalue weighted by molar-refractivity contribution is -0.120. The summed E-state index contributed by atoms with van der Waals surface area (Å²) in [5.74, 6) is -0.485. The van der Waals surface area contributed by atoms with Gasteiger partial charge in [-0.05, 0) is 48.7 Å². The van der Waals surface area contributed by atoms with Crippen molar-refractivity contribution in [1.82, 2.24) is 4.90 Å². The molecule has 0 atom stereocenters. The lowest BCUT2D eigenvalue weighted by atomic mass is 10.0. The zero-order chi connectivity index (χ0) is 22.9. The average molecular weight is 438 g/mol. The number of hydrogen-bond donors (Lipinski definition) is 0. The molecule has 3 aromatic carbocycles. The van der Waals surface area contributed by atoms with Crippen LogP contribution < -0.4 is 9.80 Å². The number of imide groups is 1. The van der Waals surface area contributed by atoms with Gasteiger partial charge in [0.25, 0.3) is 11.8 Å². The van der Waals surface area contributed by atoms with Gasteiger partial charge in [0.05, 0.1) is 11.3 Å². The topological polar surface area (TPSA) is 43.9 Å². The Morgan fingerprint density at radius 2 is 1.24 bits per heavy atom. The molecule has 2 aliphatic heterocycles. The molecule has 5 nitrogen and oxygen atoms in total. The standard InChI is InChI=1S/C28H27N3O2/c1-20-10-9-15-24(21(20)2)31-27(32)25(22-11-5-3-6-12-22)26(28(31)33)30-18-16-29(17-19-30)23-13-7-4-8-14-23/h3-15H,16-19H2,1-2H3. The average Bonchev–Trinajstić information content (AvgIpc) is 3.12. The number of benzene rings is 3. The Morgan fingerprint density at radius 3 is 1.91 bits per heavy atom. The summed E-state index contributed by atoms with van der Waals surface area (Å²) < 4.78 is 0. The van der Waals surface area contributed by atoms with Crippen molar-refractivity contribution >= 4 is 28.8 Å². The summed E-state index contributed by atoms with van der Waals surface area (Å²) in [4.78, 5) is 33.3. The molecule has 5 rings (SSSR count). The third-order valence-corrected chi connectivity index (χ3v) is 6.66. The molecule has 2 heterocycles. The Bertz CT molecular complexity index is 1230. The zero-order valence-corrected chi connectivity index (χ0v) is 19.0. The molecule has 0 bridgehead atoms. The van der Waals surface area contributed by atoms with E-state index in [1.807, 2.05) is 80.6 Å². The third kappa shape index (κ3) is 3.69. The summed E-state index contributed by atoms with van der Waals surface area (Å²) in [6.07, 6.45) is 0. The molecule has 5 heteroatoms. The van der Waals surface area contributed by atoms with Gasteiger partial charge in [0.2, 0.25) is 0 Å². The van der Waals surface area contributed by atoms with E-state index in [2.05, 4.69) is 21.9 Å². The molecule has 0 spiro atoms. The molecule has 1 fully saturated rings. The Hall–Kier alpha value is -3.86. The maximum Gasteiger partial charge on any atom is 0.282 e. The van der Waals surface area contributed by atoms with E-state index >= 15 is 0 Å². The minimum Gasteiger partial charge on any atom is -0.368 e. The summed E-state index contributed by atoms with van der Waals surface area (Å²) in [5.41, 5.74) is 5.64. The van der Waals surface area contributed by atoms with Gasteiger partial charge in [0, 0.05) is 31.9 Å². The van der Waals surface area contributed by atoms with E-state index in [4.69, 9.17) is 0 Å². The first-order valence-corrected chi connectivity index (χ1v) is 11.4. The molecule has 33 heavy (non-hydrogen) atoms. The van der Waals surface area contributed by atoms with Gasteiger partial charge in [-0.1, -0.05) is 60.7 Å². The van der Waals surface area contributed by atoms with Crippen molar-refractivity contribution < 1.29 is 9.59 Å². The molecule has 0 N–H and O–H groups in total. The van der Waals surface area contributed by atoms with Crippen LogP contribution in [0.4, 0.5) is 11.4 Å². The lowest BCUT2D eigenvalue weighted by Crippen LogP contribution is -2.47. The van der Waals surface area contributed by atoms with E-state index in [1.54, 1.807) is 0 Å². The Kier molecular flexibility index (Phi) is 5.47. The summed E-state index contributed by atoms with van der Waals surface area (Å²) in [6.45, 7) is 6.91. The molecular weight excluding hydrogens is 410 g/mol. The van der Waals surface area contributed by atoms with E-state index in [0.29, 0.717) is 30.0 Å². The van der Waals surface area contributed by atoms with Crippen molar-refractivity contribution in [2.45, 2.75) is 13.8 Å². The molecule has 0 saturated carbocycles. The van der Waals surface area contributed by atoms with Gasteiger partial charge < -0.3 is 9.80 Å². The molecule has 1 saturated heterocycles. The Morgan fingerprint density at radius 1 is 0.636 bits per heavy atom. The van der Waals surface area contributed by atoms with Gasteiger partial charge in [0.15, 0.2) is 0 Å². The van der Waals surface area contributed by atoms with Crippen molar-refractivity contribution in [3.8, 4) is 0 Å². The number of rotatable bonds is 4. The van der Waals surface area contributed by atoms with Crippen LogP contribution >= 0.6 is 0 Å². The van der Waals surface area contributed by atoms with Crippen LogP contribution in [0.2, 0.25) is 0 Å². The highest BCUT2D eigenvalue weighted by Gasteiger charge is 2.43. The van der Waals surface area contributed by atoms with Crippen molar-refractivity contribution in [1.29, 1.82) is 0 Å². The molecule has 3 aromatic rings. The number of piperazine rings is 1. The number of nitrogens with zero attached hydrogens (tertiary/aromatic N) is 3. The zero-order valence-electron chi connectivity index (χ0n) is 19.0. The normalized spacial score (nSPS) is 16.7. The number of anilines is 2. The predicted molar refractivity (Wildman–Crippen MR) is 132 cm³/mol. The Labute approximate surface area is 194 Å². The molecule has 0 radical (unpaired) electrons. The van der Waals surface area contributed by atoms with Crippen LogP contribution in [0.15, 0.2) is 84.6 Å². The minimum atomic E-state index is -0.250. The smallest absolute Gasteiger partial charge is 0.282 e. The second-order valence-electron chi connectivity index (χ2n) is 8.56. The van der Waals surface area contributed by atoms with E-state index in [1.165, 1.54) is 10.6 Å². The van der Waals surface area contributed by atoms with Crippen LogP contribution in [0.25, 0.3) is 5.57 Å². The van der Waals surface area contributed by atoms with Gasteiger partial charge in [-0.15, -0.1) is 0 Å². The SMILES string of the molecule is Cc1cccc(N2C(=O)C(c3ccccc3)=C(N3CCN(c4ccccc4)CC3)C2=O)c1C. The van der Waals surface area contributed by atoms with Crippen LogP contribution in [0.5, 0.6) is 0 Å². The van der Waals surface area contributed by atoms with Crippen molar-refractivity contribution in [3.05, 3.63) is 101 Å². The first kappa shape index (κ1) is 21.0. The maximum absolute atomic E-state index is 13.8. The first-order chi connectivity index (χ1) is 16.1.